The number of carbonyl (C=O) groups is 2. The first-order chi connectivity index (χ1) is 6.22. The topological polar surface area (TPSA) is 92.4 Å². The zero-order chi connectivity index (χ0) is 11.4. The Labute approximate surface area is 83.7 Å². The van der Waals surface area contributed by atoms with Gasteiger partial charge in [-0.1, -0.05) is 20.8 Å². The molecule has 0 aromatic heterocycles. The molecule has 0 radical (unpaired) electrons. The van der Waals surface area contributed by atoms with Gasteiger partial charge in [0.25, 0.3) is 0 Å². The van der Waals surface area contributed by atoms with Gasteiger partial charge in [-0.05, 0) is 11.8 Å². The van der Waals surface area contributed by atoms with E-state index in [4.69, 9.17) is 10.8 Å². The van der Waals surface area contributed by atoms with Crippen LogP contribution in [0.3, 0.4) is 0 Å². The van der Waals surface area contributed by atoms with Crippen molar-refractivity contribution >= 4 is 11.9 Å². The lowest BCUT2D eigenvalue weighted by molar-refractivity contribution is -0.138. The molecule has 4 N–H and O–H groups in total. The Kier molecular flexibility index (Phi) is 4.56. The van der Waals surface area contributed by atoms with E-state index in [0.717, 1.165) is 0 Å². The molecule has 0 aliphatic carbocycles. The summed E-state index contributed by atoms with van der Waals surface area (Å²) >= 11 is 0. The van der Waals surface area contributed by atoms with Crippen molar-refractivity contribution < 1.29 is 14.7 Å². The van der Waals surface area contributed by atoms with E-state index in [1.54, 1.807) is 0 Å². The summed E-state index contributed by atoms with van der Waals surface area (Å²) < 4.78 is 0. The first-order valence-electron chi connectivity index (χ1n) is 4.47. The van der Waals surface area contributed by atoms with E-state index < -0.39 is 17.9 Å². The highest BCUT2D eigenvalue weighted by Crippen LogP contribution is 2.19. The second kappa shape index (κ2) is 4.95. The first-order valence-corrected chi connectivity index (χ1v) is 4.47. The minimum Gasteiger partial charge on any atom is -0.480 e. The maximum Gasteiger partial charge on any atom is 0.322 e. The van der Waals surface area contributed by atoms with Gasteiger partial charge in [-0.2, -0.15) is 0 Å². The van der Waals surface area contributed by atoms with Crippen LogP contribution in [0.25, 0.3) is 0 Å². The molecule has 0 aromatic carbocycles. The Morgan fingerprint density at radius 2 is 1.93 bits per heavy atom. The van der Waals surface area contributed by atoms with E-state index in [9.17, 15) is 9.59 Å². The molecule has 0 aliphatic heterocycles. The number of nitrogens with one attached hydrogen (secondary N) is 1. The number of carboxylic acid groups (broad SMARTS) is 1. The molecule has 0 aromatic rings. The molecule has 0 fully saturated rings. The normalized spacial score (nSPS) is 13.4. The lowest BCUT2D eigenvalue weighted by Gasteiger charge is -2.22. The highest BCUT2D eigenvalue weighted by Gasteiger charge is 2.21. The molecule has 0 rings (SSSR count). The third-order valence-electron chi connectivity index (χ3n) is 1.58. The summed E-state index contributed by atoms with van der Waals surface area (Å²) in [6, 6.07) is -0.644. The summed E-state index contributed by atoms with van der Waals surface area (Å²) in [5.74, 6) is -1.48. The molecule has 0 saturated heterocycles. The number of carboxylic acids is 1. The molecule has 82 valence electrons. The zero-order valence-electron chi connectivity index (χ0n) is 8.83. The van der Waals surface area contributed by atoms with Gasteiger partial charge in [0.15, 0.2) is 0 Å². The molecular formula is C9H18N2O3. The predicted octanol–water partition coefficient (Wildman–Crippen LogP) is -0.0493. The Bertz CT molecular complexity index is 221. The summed E-state index contributed by atoms with van der Waals surface area (Å²) in [6.45, 7) is 5.53. The molecule has 0 bridgehead atoms. The Hall–Kier alpha value is -1.10. The van der Waals surface area contributed by atoms with Gasteiger partial charge in [0.05, 0.1) is 6.04 Å². The fourth-order valence-corrected chi connectivity index (χ4v) is 1.05. The van der Waals surface area contributed by atoms with Gasteiger partial charge in [-0.3, -0.25) is 9.59 Å². The van der Waals surface area contributed by atoms with Crippen LogP contribution in [0.15, 0.2) is 0 Å². The van der Waals surface area contributed by atoms with Gasteiger partial charge in [-0.15, -0.1) is 0 Å². The second-order valence-corrected chi connectivity index (χ2v) is 4.48. The van der Waals surface area contributed by atoms with Gasteiger partial charge in [0, 0.05) is 0 Å². The number of carbonyl (C=O) groups excluding carboxylic acids is 1. The lowest BCUT2D eigenvalue weighted by Crippen LogP contribution is -2.44. The highest BCUT2D eigenvalue weighted by atomic mass is 16.4. The van der Waals surface area contributed by atoms with Crippen molar-refractivity contribution in [3.8, 4) is 0 Å². The van der Waals surface area contributed by atoms with Crippen molar-refractivity contribution in [2.75, 3.05) is 6.54 Å². The number of amides is 1. The van der Waals surface area contributed by atoms with E-state index in [0.29, 0.717) is 6.42 Å². The van der Waals surface area contributed by atoms with Crippen LogP contribution >= 0.6 is 0 Å². The number of hydrogen-bond donors (Lipinski definition) is 3. The molecule has 0 spiro atoms. The van der Waals surface area contributed by atoms with E-state index in [-0.39, 0.29) is 12.0 Å². The van der Waals surface area contributed by atoms with Crippen molar-refractivity contribution in [3.63, 3.8) is 0 Å². The van der Waals surface area contributed by atoms with E-state index >= 15 is 0 Å². The molecule has 5 heteroatoms. The summed E-state index contributed by atoms with van der Waals surface area (Å²) in [5, 5.41) is 10.6. The zero-order valence-corrected chi connectivity index (χ0v) is 8.83. The quantitative estimate of drug-likeness (QED) is 0.596. The van der Waals surface area contributed by atoms with Crippen LogP contribution in [0.1, 0.15) is 27.2 Å². The van der Waals surface area contributed by atoms with Gasteiger partial charge < -0.3 is 16.2 Å². The molecule has 14 heavy (non-hydrogen) atoms. The summed E-state index contributed by atoms with van der Waals surface area (Å²) in [4.78, 5) is 21.4. The van der Waals surface area contributed by atoms with Gasteiger partial charge in [0.2, 0.25) is 5.91 Å². The third-order valence-corrected chi connectivity index (χ3v) is 1.58. The van der Waals surface area contributed by atoms with Crippen LogP contribution in [0.4, 0.5) is 0 Å². The first kappa shape index (κ1) is 12.9. The molecule has 0 heterocycles. The Balaban J connectivity index is 3.94. The summed E-state index contributed by atoms with van der Waals surface area (Å²) in [5.41, 5.74) is 5.54. The van der Waals surface area contributed by atoms with Gasteiger partial charge in [-0.25, -0.2) is 0 Å². The molecule has 1 unspecified atom stereocenters. The van der Waals surface area contributed by atoms with Gasteiger partial charge >= 0.3 is 5.97 Å². The monoisotopic (exact) mass is 202 g/mol. The van der Waals surface area contributed by atoms with Crippen molar-refractivity contribution in [1.82, 2.24) is 5.32 Å². The minimum absolute atomic E-state index is 0.0417. The summed E-state index contributed by atoms with van der Waals surface area (Å²) in [7, 11) is 0. The van der Waals surface area contributed by atoms with E-state index in [2.05, 4.69) is 5.32 Å². The number of aliphatic carboxylic acids is 1. The molecular weight excluding hydrogens is 184 g/mol. The van der Waals surface area contributed by atoms with Crippen LogP contribution in [-0.4, -0.2) is 29.6 Å². The van der Waals surface area contributed by atoms with E-state index in [1.165, 1.54) is 0 Å². The highest BCUT2D eigenvalue weighted by molar-refractivity contribution is 5.84. The van der Waals surface area contributed by atoms with Crippen LogP contribution in [0, 0.1) is 5.41 Å². The van der Waals surface area contributed by atoms with Crippen LogP contribution in [0.2, 0.25) is 0 Å². The maximum atomic E-state index is 11.2. The Morgan fingerprint density at radius 3 is 2.29 bits per heavy atom. The molecule has 1 atom stereocenters. The fraction of sp³-hybridized carbons (Fsp3) is 0.778. The predicted molar refractivity (Wildman–Crippen MR) is 52.7 cm³/mol. The third kappa shape index (κ3) is 6.42. The van der Waals surface area contributed by atoms with Crippen molar-refractivity contribution in [2.45, 2.75) is 33.2 Å². The number of nitrogens with two attached hydrogens (primary N) is 1. The summed E-state index contributed by atoms with van der Waals surface area (Å²) in [6.07, 6.45) is 0.526. The lowest BCUT2D eigenvalue weighted by atomic mass is 9.88. The van der Waals surface area contributed by atoms with Crippen LogP contribution in [0.5, 0.6) is 0 Å². The standard InChI is InChI=1S/C9H18N2O3/c1-9(2,3)4-6(10)8(14)11-5-7(12)13/h6H,4-5,10H2,1-3H3,(H,11,14)(H,12,13). The molecule has 0 aliphatic rings. The largest absolute Gasteiger partial charge is 0.480 e. The van der Waals surface area contributed by atoms with Crippen LogP contribution in [-0.2, 0) is 9.59 Å². The second-order valence-electron chi connectivity index (χ2n) is 4.48. The number of hydrogen-bond acceptors (Lipinski definition) is 3. The molecule has 0 saturated carbocycles. The minimum atomic E-state index is -1.07. The van der Waals surface area contributed by atoms with Crippen molar-refractivity contribution in [3.05, 3.63) is 0 Å². The maximum absolute atomic E-state index is 11.2. The van der Waals surface area contributed by atoms with Crippen molar-refractivity contribution in [1.29, 1.82) is 0 Å². The van der Waals surface area contributed by atoms with Crippen molar-refractivity contribution in [2.24, 2.45) is 11.1 Å². The Morgan fingerprint density at radius 1 is 1.43 bits per heavy atom. The fourth-order valence-electron chi connectivity index (χ4n) is 1.05. The number of rotatable bonds is 4. The van der Waals surface area contributed by atoms with E-state index in [1.807, 2.05) is 20.8 Å². The SMILES string of the molecule is CC(C)(C)CC(N)C(=O)NCC(=O)O. The molecule has 5 nitrogen and oxygen atoms in total. The average molecular weight is 202 g/mol. The average Bonchev–Trinajstić information content (AvgIpc) is 1.96. The van der Waals surface area contributed by atoms with Gasteiger partial charge in [0.1, 0.15) is 6.54 Å². The molecule has 1 amide bonds. The smallest absolute Gasteiger partial charge is 0.322 e. The van der Waals surface area contributed by atoms with Crippen LogP contribution < -0.4 is 11.1 Å².